The minimum Gasteiger partial charge on any atom is -0.382 e. The van der Waals surface area contributed by atoms with Gasteiger partial charge >= 0.3 is 0 Å². The van der Waals surface area contributed by atoms with Gasteiger partial charge in [-0.05, 0) is 44.9 Å². The Kier molecular flexibility index (Phi) is 7.46. The van der Waals surface area contributed by atoms with Gasteiger partial charge in [-0.2, -0.15) is 0 Å². The lowest BCUT2D eigenvalue weighted by Crippen LogP contribution is -2.40. The third-order valence-corrected chi connectivity index (χ3v) is 7.40. The van der Waals surface area contributed by atoms with Crippen LogP contribution in [0.1, 0.15) is 26.7 Å². The predicted molar refractivity (Wildman–Crippen MR) is 147 cm³/mol. The molecule has 3 aromatic heterocycles. The number of imidazole rings is 1. The zero-order valence-electron chi connectivity index (χ0n) is 20.2. The number of benzene rings is 1. The lowest BCUT2D eigenvalue weighted by Gasteiger charge is -2.31. The summed E-state index contributed by atoms with van der Waals surface area (Å²) >= 11 is -0.170. The molecule has 0 radical (unpaired) electrons. The fourth-order valence-corrected chi connectivity index (χ4v) is 5.62. The average Bonchev–Trinajstić information content (AvgIpc) is 3.49. The van der Waals surface area contributed by atoms with Crippen LogP contribution in [0.3, 0.4) is 0 Å². The molecule has 0 saturated carbocycles. The van der Waals surface area contributed by atoms with Crippen LogP contribution in [-0.2, 0) is 11.1 Å². The van der Waals surface area contributed by atoms with Crippen molar-refractivity contribution < 1.29 is 8.76 Å². The molecule has 190 valence electrons. The van der Waals surface area contributed by atoms with Gasteiger partial charge in [-0.25, -0.2) is 19.2 Å². The summed E-state index contributed by atoms with van der Waals surface area (Å²) in [6, 6.07) is 8.61. The number of aromatic amines is 1. The van der Waals surface area contributed by atoms with Crippen LogP contribution < -0.4 is 16.0 Å². The van der Waals surface area contributed by atoms with Gasteiger partial charge in [0.2, 0.25) is 0 Å². The first-order valence-electron chi connectivity index (χ1n) is 11.9. The molecule has 0 aliphatic carbocycles. The number of hydrogen-bond acceptors (Lipinski definition) is 9. The molecule has 0 amide bonds. The average molecular weight is 527 g/mol. The van der Waals surface area contributed by atoms with E-state index in [2.05, 4.69) is 55.8 Å². The second-order valence-corrected chi connectivity index (χ2v) is 11.0. The Labute approximate surface area is 216 Å². The standard InChI is InChI=1S/C24H30N8O2S2/c1-15(2)28-20-10-22(30-17-3-4-19-21(9-17)35-13-27-19)25-11-18(20)24-26-12-23(31-24)29-16-5-7-32(8-6-16)14-36(33)34/h3-4,9-13,15-16,29H,5-8,14H2,1-2H3,(H,26,31)(H,33,34)(H2,25,28,30). The molecule has 1 unspecified atom stereocenters. The number of aromatic nitrogens is 4. The van der Waals surface area contributed by atoms with E-state index in [0.717, 1.165) is 70.5 Å². The van der Waals surface area contributed by atoms with Crippen molar-refractivity contribution in [2.75, 3.05) is 34.9 Å². The van der Waals surface area contributed by atoms with Gasteiger partial charge in [-0.3, -0.25) is 4.90 Å². The van der Waals surface area contributed by atoms with Gasteiger partial charge in [0, 0.05) is 43.1 Å². The number of rotatable bonds is 9. The highest BCUT2D eigenvalue weighted by atomic mass is 32.2. The molecule has 1 saturated heterocycles. The van der Waals surface area contributed by atoms with Crippen molar-refractivity contribution in [1.82, 2.24) is 24.8 Å². The Hall–Kier alpha value is -3.06. The van der Waals surface area contributed by atoms with E-state index in [9.17, 15) is 4.21 Å². The molecule has 1 aliphatic heterocycles. The molecule has 1 atom stereocenters. The summed E-state index contributed by atoms with van der Waals surface area (Å²) in [7, 11) is 0. The van der Waals surface area contributed by atoms with Crippen LogP contribution in [0.5, 0.6) is 0 Å². The van der Waals surface area contributed by atoms with Gasteiger partial charge < -0.3 is 25.5 Å². The number of anilines is 4. The minimum atomic E-state index is -1.78. The van der Waals surface area contributed by atoms with Crippen molar-refractivity contribution in [2.45, 2.75) is 38.8 Å². The number of thiazole rings is 1. The molecule has 5 N–H and O–H groups in total. The monoisotopic (exact) mass is 526 g/mol. The SMILES string of the molecule is CC(C)Nc1cc(Nc2ccc3ncsc3c2)ncc1-c1ncc(NC2CCN(CS(=O)O)CC2)[nH]1. The number of nitrogens with zero attached hydrogens (tertiary/aromatic N) is 4. The quantitative estimate of drug-likeness (QED) is 0.197. The number of pyridine rings is 1. The number of H-pyrrole nitrogens is 1. The van der Waals surface area contributed by atoms with E-state index in [4.69, 9.17) is 4.55 Å². The van der Waals surface area contributed by atoms with Gasteiger partial charge in [0.15, 0.2) is 11.1 Å². The van der Waals surface area contributed by atoms with E-state index in [1.54, 1.807) is 17.5 Å². The van der Waals surface area contributed by atoms with Gasteiger partial charge in [-0.15, -0.1) is 11.3 Å². The van der Waals surface area contributed by atoms with Crippen LogP contribution in [-0.4, -0.2) is 64.6 Å². The highest BCUT2D eigenvalue weighted by molar-refractivity contribution is 7.79. The number of hydrogen-bond donors (Lipinski definition) is 5. The Morgan fingerprint density at radius 1 is 1.19 bits per heavy atom. The van der Waals surface area contributed by atoms with Crippen molar-refractivity contribution >= 4 is 55.6 Å². The van der Waals surface area contributed by atoms with Crippen molar-refractivity contribution in [1.29, 1.82) is 0 Å². The van der Waals surface area contributed by atoms with Gasteiger partial charge in [-0.1, -0.05) is 0 Å². The highest BCUT2D eigenvalue weighted by Gasteiger charge is 2.21. The molecule has 1 aromatic carbocycles. The van der Waals surface area contributed by atoms with E-state index in [1.807, 2.05) is 34.8 Å². The van der Waals surface area contributed by atoms with Crippen LogP contribution in [0, 0.1) is 0 Å². The van der Waals surface area contributed by atoms with Crippen LogP contribution in [0.15, 0.2) is 42.2 Å². The molecule has 1 aliphatic rings. The van der Waals surface area contributed by atoms with Gasteiger partial charge in [0.05, 0.1) is 33.2 Å². The van der Waals surface area contributed by atoms with E-state index < -0.39 is 11.1 Å². The fraction of sp³-hybridized carbons (Fsp3) is 0.375. The van der Waals surface area contributed by atoms with Gasteiger partial charge in [0.1, 0.15) is 23.3 Å². The van der Waals surface area contributed by atoms with Crippen molar-refractivity contribution in [2.24, 2.45) is 0 Å². The first-order chi connectivity index (χ1) is 17.4. The number of piperidine rings is 1. The molecule has 10 nitrogen and oxygen atoms in total. The molecule has 1 fully saturated rings. The van der Waals surface area contributed by atoms with Crippen molar-refractivity contribution in [3.63, 3.8) is 0 Å². The van der Waals surface area contributed by atoms with Crippen LogP contribution in [0.2, 0.25) is 0 Å². The summed E-state index contributed by atoms with van der Waals surface area (Å²) in [5, 5.41) is 10.4. The molecular weight excluding hydrogens is 496 g/mol. The summed E-state index contributed by atoms with van der Waals surface area (Å²) in [6.07, 6.45) is 5.44. The van der Waals surface area contributed by atoms with E-state index >= 15 is 0 Å². The molecule has 5 rings (SSSR count). The molecule has 4 aromatic rings. The van der Waals surface area contributed by atoms with Crippen molar-refractivity contribution in [3.05, 3.63) is 42.2 Å². The molecule has 0 bridgehead atoms. The normalized spacial score (nSPS) is 15.9. The number of nitrogens with one attached hydrogen (secondary N) is 4. The first-order valence-corrected chi connectivity index (χ1v) is 14.1. The van der Waals surface area contributed by atoms with E-state index in [-0.39, 0.29) is 18.0 Å². The van der Waals surface area contributed by atoms with Gasteiger partial charge in [0.25, 0.3) is 0 Å². The topological polar surface area (TPSA) is 131 Å². The smallest absolute Gasteiger partial charge is 0.167 e. The lowest BCUT2D eigenvalue weighted by atomic mass is 10.1. The summed E-state index contributed by atoms with van der Waals surface area (Å²) < 4.78 is 21.3. The lowest BCUT2D eigenvalue weighted by molar-refractivity contribution is 0.248. The summed E-state index contributed by atoms with van der Waals surface area (Å²) in [5.74, 6) is 2.54. The van der Waals surface area contributed by atoms with Crippen LogP contribution >= 0.6 is 11.3 Å². The number of fused-ring (bicyclic) bond motifs is 1. The summed E-state index contributed by atoms with van der Waals surface area (Å²) in [5.41, 5.74) is 5.63. The highest BCUT2D eigenvalue weighted by Crippen LogP contribution is 2.31. The molecule has 4 heterocycles. The fourth-order valence-electron chi connectivity index (χ4n) is 4.34. The maximum atomic E-state index is 11.0. The summed E-state index contributed by atoms with van der Waals surface area (Å²) in [4.78, 5) is 19.0. The van der Waals surface area contributed by atoms with Crippen LogP contribution in [0.4, 0.5) is 23.0 Å². The predicted octanol–water partition coefficient (Wildman–Crippen LogP) is 4.70. The molecule has 12 heteroatoms. The third-order valence-electron chi connectivity index (χ3n) is 6.02. The molecule has 0 spiro atoms. The van der Waals surface area contributed by atoms with E-state index in [1.165, 1.54) is 0 Å². The summed E-state index contributed by atoms with van der Waals surface area (Å²) in [6.45, 7) is 5.79. The van der Waals surface area contributed by atoms with E-state index in [0.29, 0.717) is 0 Å². The largest absolute Gasteiger partial charge is 0.382 e. The maximum absolute atomic E-state index is 11.0. The first kappa shape index (κ1) is 24.6. The van der Waals surface area contributed by atoms with Crippen LogP contribution in [0.25, 0.3) is 21.6 Å². The Morgan fingerprint density at radius 3 is 2.81 bits per heavy atom. The third kappa shape index (κ3) is 6.01. The second-order valence-electron chi connectivity index (χ2n) is 9.21. The Bertz CT molecular complexity index is 1350. The Morgan fingerprint density at radius 2 is 2.03 bits per heavy atom. The van der Waals surface area contributed by atoms with Crippen molar-refractivity contribution in [3.8, 4) is 11.4 Å². The molecule has 36 heavy (non-hydrogen) atoms. The maximum Gasteiger partial charge on any atom is 0.167 e. The zero-order valence-corrected chi connectivity index (χ0v) is 21.8. The Balaban J connectivity index is 1.29. The second kappa shape index (κ2) is 10.9. The molecular formula is C24H30N8O2S2. The zero-order chi connectivity index (χ0) is 25.1. The number of likely N-dealkylation sites (tertiary alicyclic amines) is 1. The minimum absolute atomic E-state index is 0.213.